The number of nitrogens with zero attached hydrogens (tertiary/aromatic N) is 3. The van der Waals surface area contributed by atoms with Crippen molar-refractivity contribution in [2.75, 3.05) is 0 Å². The summed E-state index contributed by atoms with van der Waals surface area (Å²) in [6.45, 7) is 0. The molecule has 1 aromatic carbocycles. The van der Waals surface area contributed by atoms with E-state index < -0.39 is 10.0 Å². The van der Waals surface area contributed by atoms with Crippen molar-refractivity contribution in [1.29, 1.82) is 0 Å². The third-order valence-corrected chi connectivity index (χ3v) is 4.61. The van der Waals surface area contributed by atoms with E-state index in [9.17, 15) is 8.42 Å². The summed E-state index contributed by atoms with van der Waals surface area (Å²) >= 11 is 0. The molecule has 2 N–H and O–H groups in total. The van der Waals surface area contributed by atoms with Crippen molar-refractivity contribution in [2.45, 2.75) is 4.90 Å². The molecule has 0 saturated heterocycles. The second-order valence-corrected chi connectivity index (χ2v) is 6.76. The Labute approximate surface area is 137 Å². The molecule has 3 aromatic heterocycles. The van der Waals surface area contributed by atoms with Crippen LogP contribution >= 0.6 is 0 Å². The molecule has 0 atom stereocenters. The molecule has 0 fully saturated rings. The van der Waals surface area contributed by atoms with Crippen molar-refractivity contribution in [1.82, 2.24) is 14.8 Å². The zero-order chi connectivity index (χ0) is 16.7. The number of hydrogen-bond donors (Lipinski definition) is 1. The van der Waals surface area contributed by atoms with Gasteiger partial charge < -0.3 is 4.52 Å². The third kappa shape index (κ3) is 2.38. The fourth-order valence-electron chi connectivity index (χ4n) is 2.61. The lowest BCUT2D eigenvalue weighted by molar-refractivity contribution is 0.431. The first-order chi connectivity index (χ1) is 11.5. The van der Waals surface area contributed by atoms with E-state index in [1.165, 1.54) is 12.1 Å². The lowest BCUT2D eigenvalue weighted by atomic mass is 10.0. The smallest absolute Gasteiger partial charge is 0.238 e. The van der Waals surface area contributed by atoms with Gasteiger partial charge in [0.05, 0.1) is 16.6 Å². The topological polar surface area (TPSA) is 103 Å². The maximum absolute atomic E-state index is 11.4. The molecule has 0 spiro atoms. The molecule has 24 heavy (non-hydrogen) atoms. The number of rotatable bonds is 3. The molecule has 3 heterocycles. The van der Waals surface area contributed by atoms with E-state index in [2.05, 4.69) is 10.3 Å². The highest BCUT2D eigenvalue weighted by Gasteiger charge is 2.19. The fourth-order valence-corrected chi connectivity index (χ4v) is 3.12. The molecule has 0 amide bonds. The predicted octanol–water partition coefficient (Wildman–Crippen LogP) is 2.30. The van der Waals surface area contributed by atoms with Crippen LogP contribution < -0.4 is 5.14 Å². The number of primary sulfonamides is 1. The van der Waals surface area contributed by atoms with Gasteiger partial charge >= 0.3 is 0 Å². The first-order valence-corrected chi connectivity index (χ1v) is 8.60. The predicted molar refractivity (Wildman–Crippen MR) is 87.5 cm³/mol. The molecule has 0 bridgehead atoms. The summed E-state index contributed by atoms with van der Waals surface area (Å²) in [4.78, 5) is 0.0592. The van der Waals surface area contributed by atoms with Crippen LogP contribution in [0.4, 0.5) is 0 Å². The maximum atomic E-state index is 11.4. The van der Waals surface area contributed by atoms with Gasteiger partial charge in [0.1, 0.15) is 5.69 Å². The average molecular weight is 340 g/mol. The van der Waals surface area contributed by atoms with Gasteiger partial charge in [-0.25, -0.2) is 18.1 Å². The van der Waals surface area contributed by atoms with Crippen LogP contribution in [0.1, 0.15) is 0 Å². The van der Waals surface area contributed by atoms with Gasteiger partial charge in [0.2, 0.25) is 10.0 Å². The van der Waals surface area contributed by atoms with Gasteiger partial charge in [-0.3, -0.25) is 0 Å². The first kappa shape index (κ1) is 14.6. The van der Waals surface area contributed by atoms with E-state index in [-0.39, 0.29) is 4.90 Å². The molecular formula is C16H12N4O3S. The van der Waals surface area contributed by atoms with Gasteiger partial charge in [0.15, 0.2) is 5.76 Å². The Balaban J connectivity index is 1.97. The number of fused-ring (bicyclic) bond motifs is 1. The minimum atomic E-state index is -3.73. The summed E-state index contributed by atoms with van der Waals surface area (Å²) in [5.41, 5.74) is 3.12. The molecular weight excluding hydrogens is 328 g/mol. The van der Waals surface area contributed by atoms with E-state index in [1.807, 2.05) is 24.4 Å². The summed E-state index contributed by atoms with van der Waals surface area (Å²) in [5, 5.41) is 13.4. The molecule has 0 aliphatic heterocycles. The van der Waals surface area contributed by atoms with Crippen LogP contribution in [0.5, 0.6) is 0 Å². The van der Waals surface area contributed by atoms with E-state index in [0.717, 1.165) is 16.6 Å². The number of pyridine rings is 1. The summed E-state index contributed by atoms with van der Waals surface area (Å²) in [7, 11) is -3.73. The van der Waals surface area contributed by atoms with Crippen molar-refractivity contribution >= 4 is 15.5 Å². The zero-order valence-corrected chi connectivity index (χ0v) is 13.1. The molecule has 4 aromatic rings. The Kier molecular flexibility index (Phi) is 3.22. The van der Waals surface area contributed by atoms with Crippen molar-refractivity contribution in [2.24, 2.45) is 5.14 Å². The summed E-state index contributed by atoms with van der Waals surface area (Å²) in [5.74, 6) is 0.532. The maximum Gasteiger partial charge on any atom is 0.238 e. The van der Waals surface area contributed by atoms with E-state index in [1.54, 1.807) is 28.9 Å². The van der Waals surface area contributed by atoms with E-state index in [0.29, 0.717) is 11.5 Å². The van der Waals surface area contributed by atoms with Crippen molar-refractivity contribution < 1.29 is 12.9 Å². The monoisotopic (exact) mass is 340 g/mol. The highest BCUT2D eigenvalue weighted by Crippen LogP contribution is 2.35. The van der Waals surface area contributed by atoms with Crippen LogP contribution in [-0.2, 0) is 10.0 Å². The van der Waals surface area contributed by atoms with Gasteiger partial charge in [-0.05, 0) is 29.8 Å². The van der Waals surface area contributed by atoms with Crippen LogP contribution in [0, 0.1) is 0 Å². The van der Waals surface area contributed by atoms with Gasteiger partial charge in [0, 0.05) is 17.8 Å². The fraction of sp³-hybridized carbons (Fsp3) is 0. The summed E-state index contributed by atoms with van der Waals surface area (Å²) in [6.07, 6.45) is 3.38. The van der Waals surface area contributed by atoms with Gasteiger partial charge in [-0.2, -0.15) is 5.10 Å². The second-order valence-electron chi connectivity index (χ2n) is 5.20. The lowest BCUT2D eigenvalue weighted by Gasteiger charge is -2.03. The lowest BCUT2D eigenvalue weighted by Crippen LogP contribution is -2.11. The second kappa shape index (κ2) is 5.29. The SMILES string of the molecule is NS(=O)(=O)c1ccc(-c2c(-c3ccno3)nn3ccccc23)cc1. The quantitative estimate of drug-likeness (QED) is 0.616. The van der Waals surface area contributed by atoms with Crippen molar-refractivity contribution in [3.05, 3.63) is 60.9 Å². The van der Waals surface area contributed by atoms with Gasteiger partial charge in [0.25, 0.3) is 0 Å². The van der Waals surface area contributed by atoms with Gasteiger partial charge in [-0.15, -0.1) is 0 Å². The number of hydrogen-bond acceptors (Lipinski definition) is 5. The van der Waals surface area contributed by atoms with Gasteiger partial charge in [-0.1, -0.05) is 23.4 Å². The number of sulfonamides is 1. The molecule has 0 radical (unpaired) electrons. The number of nitrogens with two attached hydrogens (primary N) is 1. The minimum Gasteiger partial charge on any atom is -0.355 e. The van der Waals surface area contributed by atoms with Crippen LogP contribution in [0.2, 0.25) is 0 Å². The highest BCUT2D eigenvalue weighted by molar-refractivity contribution is 7.89. The van der Waals surface area contributed by atoms with E-state index in [4.69, 9.17) is 9.66 Å². The Hall–Kier alpha value is -2.97. The Bertz CT molecular complexity index is 1110. The normalized spacial score (nSPS) is 11.9. The Morgan fingerprint density at radius 3 is 2.50 bits per heavy atom. The standard InChI is InChI=1S/C16H12N4O3S/c17-24(21,22)12-6-4-11(5-7-12)15-13-3-1-2-10-20(13)19-16(15)14-8-9-18-23-14/h1-10H,(H2,17,21,22). The largest absolute Gasteiger partial charge is 0.355 e. The number of benzene rings is 1. The molecule has 0 unspecified atom stereocenters. The van der Waals surface area contributed by atoms with Crippen molar-refractivity contribution in [3.8, 4) is 22.6 Å². The third-order valence-electron chi connectivity index (χ3n) is 3.68. The Morgan fingerprint density at radius 2 is 1.83 bits per heavy atom. The average Bonchev–Trinajstić information content (AvgIpc) is 3.21. The highest BCUT2D eigenvalue weighted by atomic mass is 32.2. The van der Waals surface area contributed by atoms with Crippen LogP contribution in [-0.4, -0.2) is 23.2 Å². The molecule has 120 valence electrons. The molecule has 8 heteroatoms. The molecule has 7 nitrogen and oxygen atoms in total. The molecule has 0 aliphatic rings. The molecule has 4 rings (SSSR count). The minimum absolute atomic E-state index is 0.0592. The van der Waals surface area contributed by atoms with Crippen molar-refractivity contribution in [3.63, 3.8) is 0 Å². The first-order valence-electron chi connectivity index (χ1n) is 7.06. The van der Waals surface area contributed by atoms with Crippen LogP contribution in [0.25, 0.3) is 28.1 Å². The summed E-state index contributed by atoms with van der Waals surface area (Å²) < 4.78 is 29.9. The number of aromatic nitrogens is 3. The van der Waals surface area contributed by atoms with E-state index >= 15 is 0 Å². The van der Waals surface area contributed by atoms with Crippen LogP contribution in [0.15, 0.2) is 70.3 Å². The van der Waals surface area contributed by atoms with Crippen LogP contribution in [0.3, 0.4) is 0 Å². The summed E-state index contributed by atoms with van der Waals surface area (Å²) in [6, 6.07) is 13.8. The zero-order valence-electron chi connectivity index (χ0n) is 12.3. The molecule has 0 saturated carbocycles. The molecule has 0 aliphatic carbocycles. The Morgan fingerprint density at radius 1 is 1.04 bits per heavy atom.